The average Bonchev–Trinajstić information content (AvgIpc) is 2.40. The van der Waals surface area contributed by atoms with Crippen molar-refractivity contribution in [2.75, 3.05) is 7.11 Å². The van der Waals surface area contributed by atoms with Gasteiger partial charge in [0.1, 0.15) is 12.4 Å². The van der Waals surface area contributed by atoms with Crippen LogP contribution in [0.15, 0.2) is 18.7 Å². The summed E-state index contributed by atoms with van der Waals surface area (Å²) in [6.07, 6.45) is 8.13. The molecule has 1 fully saturated rings. The van der Waals surface area contributed by atoms with E-state index < -0.39 is 11.7 Å². The first-order chi connectivity index (χ1) is 8.18. The van der Waals surface area contributed by atoms with Crippen molar-refractivity contribution in [3.63, 3.8) is 0 Å². The van der Waals surface area contributed by atoms with Gasteiger partial charge in [0.25, 0.3) is 0 Å². The molecule has 0 spiro atoms. The van der Waals surface area contributed by atoms with Gasteiger partial charge in [-0.3, -0.25) is 0 Å². The second-order valence-corrected chi connectivity index (χ2v) is 5.03. The molecular weight excluding hydrogens is 216 g/mol. The topological polar surface area (TPSA) is 55.2 Å². The number of ether oxygens (including phenoxy) is 1. The number of aliphatic hydroxyl groups is 1. The fourth-order valence-corrected chi connectivity index (χ4v) is 2.60. The molecule has 1 heterocycles. The third-order valence-corrected chi connectivity index (χ3v) is 3.92. The summed E-state index contributed by atoms with van der Waals surface area (Å²) in [7, 11) is 1.68. The van der Waals surface area contributed by atoms with E-state index in [1.807, 2.05) is 0 Å². The molecule has 1 N–H and O–H groups in total. The van der Waals surface area contributed by atoms with Crippen molar-refractivity contribution in [2.45, 2.75) is 44.3 Å². The van der Waals surface area contributed by atoms with Crippen LogP contribution in [0, 0.1) is 5.92 Å². The van der Waals surface area contributed by atoms with Crippen LogP contribution in [0.5, 0.6) is 0 Å². The Bertz CT molecular complexity index is 348. The van der Waals surface area contributed by atoms with Crippen LogP contribution in [0.25, 0.3) is 0 Å². The molecule has 0 saturated heterocycles. The van der Waals surface area contributed by atoms with E-state index in [4.69, 9.17) is 4.74 Å². The minimum absolute atomic E-state index is 0.461. The number of rotatable bonds is 3. The van der Waals surface area contributed by atoms with Gasteiger partial charge in [-0.15, -0.1) is 0 Å². The molecule has 1 atom stereocenters. The molecule has 0 amide bonds. The van der Waals surface area contributed by atoms with Crippen molar-refractivity contribution in [1.29, 1.82) is 0 Å². The molecular formula is C13H20N2O2. The first kappa shape index (κ1) is 12.5. The highest BCUT2D eigenvalue weighted by Crippen LogP contribution is 2.42. The SMILES string of the molecule is COC1(C(O)c2cncnc2)CCC(C)CC1. The summed E-state index contributed by atoms with van der Waals surface area (Å²) in [4.78, 5) is 7.91. The molecule has 94 valence electrons. The van der Waals surface area contributed by atoms with E-state index in [2.05, 4.69) is 16.9 Å². The van der Waals surface area contributed by atoms with Gasteiger partial charge in [-0.25, -0.2) is 9.97 Å². The molecule has 17 heavy (non-hydrogen) atoms. The first-order valence-electron chi connectivity index (χ1n) is 6.16. The van der Waals surface area contributed by atoms with E-state index in [9.17, 15) is 5.11 Å². The molecule has 4 nitrogen and oxygen atoms in total. The van der Waals surface area contributed by atoms with E-state index in [0.29, 0.717) is 0 Å². The summed E-state index contributed by atoms with van der Waals surface area (Å²) >= 11 is 0. The third kappa shape index (κ3) is 2.48. The molecule has 1 saturated carbocycles. The summed E-state index contributed by atoms with van der Waals surface area (Å²) in [5.74, 6) is 0.720. The van der Waals surface area contributed by atoms with Crippen molar-refractivity contribution in [3.8, 4) is 0 Å². The van der Waals surface area contributed by atoms with Crippen molar-refractivity contribution >= 4 is 0 Å². The maximum Gasteiger partial charge on any atom is 0.115 e. The van der Waals surface area contributed by atoms with Gasteiger partial charge in [0.05, 0.1) is 5.60 Å². The zero-order chi connectivity index (χ0) is 12.3. The Morgan fingerprint density at radius 3 is 2.47 bits per heavy atom. The Labute approximate surface area is 102 Å². The second kappa shape index (κ2) is 5.10. The maximum atomic E-state index is 10.5. The molecule has 1 aromatic heterocycles. The Hall–Kier alpha value is -1.00. The number of aromatic nitrogens is 2. The summed E-state index contributed by atoms with van der Waals surface area (Å²) < 4.78 is 5.64. The Balaban J connectivity index is 2.18. The Morgan fingerprint density at radius 1 is 1.35 bits per heavy atom. The summed E-state index contributed by atoms with van der Waals surface area (Å²) in [5.41, 5.74) is 0.279. The van der Waals surface area contributed by atoms with E-state index in [-0.39, 0.29) is 0 Å². The monoisotopic (exact) mass is 236 g/mol. The van der Waals surface area contributed by atoms with Crippen LogP contribution >= 0.6 is 0 Å². The highest BCUT2D eigenvalue weighted by atomic mass is 16.5. The van der Waals surface area contributed by atoms with Crippen LogP contribution in [0.4, 0.5) is 0 Å². The zero-order valence-corrected chi connectivity index (χ0v) is 10.5. The molecule has 1 aromatic rings. The van der Waals surface area contributed by atoms with E-state index in [1.54, 1.807) is 19.5 Å². The van der Waals surface area contributed by atoms with Crippen LogP contribution in [-0.4, -0.2) is 27.8 Å². The van der Waals surface area contributed by atoms with Gasteiger partial charge in [0, 0.05) is 25.1 Å². The Kier molecular flexibility index (Phi) is 3.74. The normalized spacial score (nSPS) is 31.1. The Morgan fingerprint density at radius 2 is 1.94 bits per heavy atom. The smallest absolute Gasteiger partial charge is 0.115 e. The van der Waals surface area contributed by atoms with Gasteiger partial charge < -0.3 is 9.84 Å². The highest BCUT2D eigenvalue weighted by Gasteiger charge is 2.41. The van der Waals surface area contributed by atoms with Gasteiger partial charge in [0.2, 0.25) is 0 Å². The highest BCUT2D eigenvalue weighted by molar-refractivity contribution is 5.13. The lowest BCUT2D eigenvalue weighted by Crippen LogP contribution is -2.42. The van der Waals surface area contributed by atoms with Crippen molar-refractivity contribution in [3.05, 3.63) is 24.3 Å². The predicted octanol–water partition coefficient (Wildman–Crippen LogP) is 2.11. The van der Waals surface area contributed by atoms with Crippen LogP contribution < -0.4 is 0 Å². The molecule has 2 rings (SSSR count). The van der Waals surface area contributed by atoms with Gasteiger partial charge >= 0.3 is 0 Å². The standard InChI is InChI=1S/C13H20N2O2/c1-10-3-5-13(17-2,6-4-10)12(16)11-7-14-9-15-8-11/h7-10,12,16H,3-6H2,1-2H3. The van der Waals surface area contributed by atoms with Crippen molar-refractivity contribution < 1.29 is 9.84 Å². The van der Waals surface area contributed by atoms with Crippen molar-refractivity contribution in [1.82, 2.24) is 9.97 Å². The number of nitrogens with zero attached hydrogens (tertiary/aromatic N) is 2. The maximum absolute atomic E-state index is 10.5. The molecule has 0 radical (unpaired) electrons. The molecule has 0 aliphatic heterocycles. The minimum Gasteiger partial charge on any atom is -0.385 e. The first-order valence-corrected chi connectivity index (χ1v) is 6.16. The lowest BCUT2D eigenvalue weighted by Gasteiger charge is -2.41. The average molecular weight is 236 g/mol. The van der Waals surface area contributed by atoms with Gasteiger partial charge in [-0.05, 0) is 31.6 Å². The fourth-order valence-electron chi connectivity index (χ4n) is 2.60. The number of methoxy groups -OCH3 is 1. The summed E-state index contributed by atoms with van der Waals surface area (Å²) in [6.45, 7) is 2.25. The summed E-state index contributed by atoms with van der Waals surface area (Å²) in [6, 6.07) is 0. The third-order valence-electron chi connectivity index (χ3n) is 3.92. The number of hydrogen-bond donors (Lipinski definition) is 1. The number of hydrogen-bond acceptors (Lipinski definition) is 4. The van der Waals surface area contributed by atoms with E-state index in [0.717, 1.165) is 37.2 Å². The lowest BCUT2D eigenvalue weighted by atomic mass is 9.75. The minimum atomic E-state index is -0.638. The molecule has 0 bridgehead atoms. The lowest BCUT2D eigenvalue weighted by molar-refractivity contribution is -0.130. The second-order valence-electron chi connectivity index (χ2n) is 5.03. The van der Waals surface area contributed by atoms with E-state index >= 15 is 0 Å². The predicted molar refractivity (Wildman–Crippen MR) is 64.4 cm³/mol. The fraction of sp³-hybridized carbons (Fsp3) is 0.692. The van der Waals surface area contributed by atoms with Gasteiger partial charge in [0.15, 0.2) is 0 Å². The van der Waals surface area contributed by atoms with Crippen LogP contribution in [0.1, 0.15) is 44.3 Å². The van der Waals surface area contributed by atoms with Crippen LogP contribution in [0.2, 0.25) is 0 Å². The van der Waals surface area contributed by atoms with Crippen LogP contribution in [-0.2, 0) is 4.74 Å². The molecule has 1 aliphatic rings. The van der Waals surface area contributed by atoms with Gasteiger partial charge in [-0.1, -0.05) is 6.92 Å². The number of aliphatic hydroxyl groups excluding tert-OH is 1. The molecule has 1 aliphatic carbocycles. The van der Waals surface area contributed by atoms with Crippen molar-refractivity contribution in [2.24, 2.45) is 5.92 Å². The summed E-state index contributed by atoms with van der Waals surface area (Å²) in [5, 5.41) is 10.5. The molecule has 0 aromatic carbocycles. The van der Waals surface area contributed by atoms with Gasteiger partial charge in [-0.2, -0.15) is 0 Å². The quantitative estimate of drug-likeness (QED) is 0.873. The molecule has 1 unspecified atom stereocenters. The van der Waals surface area contributed by atoms with E-state index in [1.165, 1.54) is 6.33 Å². The largest absolute Gasteiger partial charge is 0.385 e. The zero-order valence-electron chi connectivity index (χ0n) is 10.5. The van der Waals surface area contributed by atoms with Crippen LogP contribution in [0.3, 0.4) is 0 Å². The molecule has 4 heteroatoms.